The standard InChI is InChI=1S/C19H24N4O2/c1-12-5-6-13(25-12)10-22-8-7-14-15(11-22)20-17-9-16(19(2,3)4)21-23(17)18(14)24/h5-6,9,21H,7-8,10-11H2,1-4H3. The largest absolute Gasteiger partial charge is 0.465 e. The van der Waals surface area contributed by atoms with Crippen LogP contribution in [0.5, 0.6) is 0 Å². The lowest BCUT2D eigenvalue weighted by molar-refractivity contribution is 0.220. The van der Waals surface area contributed by atoms with Crippen LogP contribution < -0.4 is 5.56 Å². The second-order valence-electron chi connectivity index (χ2n) is 7.93. The topological polar surface area (TPSA) is 66.5 Å². The Kier molecular flexibility index (Phi) is 3.61. The number of aromatic nitrogens is 3. The van der Waals surface area contributed by atoms with Crippen molar-refractivity contribution in [2.45, 2.75) is 52.6 Å². The molecule has 132 valence electrons. The van der Waals surface area contributed by atoms with Crippen LogP contribution in [0.25, 0.3) is 5.65 Å². The van der Waals surface area contributed by atoms with Gasteiger partial charge in [-0.1, -0.05) is 20.8 Å². The van der Waals surface area contributed by atoms with Gasteiger partial charge in [0.25, 0.3) is 5.56 Å². The molecule has 0 bridgehead atoms. The van der Waals surface area contributed by atoms with Crippen LogP contribution in [0.4, 0.5) is 0 Å². The van der Waals surface area contributed by atoms with E-state index in [0.29, 0.717) is 18.6 Å². The maximum absolute atomic E-state index is 12.8. The zero-order valence-electron chi connectivity index (χ0n) is 15.2. The van der Waals surface area contributed by atoms with E-state index in [1.165, 1.54) is 0 Å². The van der Waals surface area contributed by atoms with Crippen molar-refractivity contribution < 1.29 is 4.42 Å². The fourth-order valence-electron chi connectivity index (χ4n) is 3.36. The lowest BCUT2D eigenvalue weighted by Crippen LogP contribution is -2.35. The van der Waals surface area contributed by atoms with Crippen molar-refractivity contribution in [1.29, 1.82) is 0 Å². The summed E-state index contributed by atoms with van der Waals surface area (Å²) in [6.45, 7) is 10.6. The Hall–Kier alpha value is -2.34. The van der Waals surface area contributed by atoms with Crippen molar-refractivity contribution in [3.63, 3.8) is 0 Å². The maximum Gasteiger partial charge on any atom is 0.276 e. The molecule has 1 N–H and O–H groups in total. The highest BCUT2D eigenvalue weighted by Crippen LogP contribution is 2.23. The summed E-state index contributed by atoms with van der Waals surface area (Å²) in [4.78, 5) is 19.9. The molecule has 4 heterocycles. The van der Waals surface area contributed by atoms with Gasteiger partial charge in [0.1, 0.15) is 11.5 Å². The first kappa shape index (κ1) is 16.1. The number of nitrogens with zero attached hydrogens (tertiary/aromatic N) is 3. The lowest BCUT2D eigenvalue weighted by Gasteiger charge is -2.26. The van der Waals surface area contributed by atoms with E-state index in [1.54, 1.807) is 4.52 Å². The molecule has 0 amide bonds. The van der Waals surface area contributed by atoms with Gasteiger partial charge in [-0.3, -0.25) is 14.8 Å². The fraction of sp³-hybridized carbons (Fsp3) is 0.474. The molecule has 0 saturated carbocycles. The molecule has 6 nitrogen and oxygen atoms in total. The van der Waals surface area contributed by atoms with Crippen LogP contribution in [0, 0.1) is 6.92 Å². The molecule has 1 aliphatic rings. The molecule has 0 unspecified atom stereocenters. The van der Waals surface area contributed by atoms with Crippen LogP contribution in [-0.4, -0.2) is 26.0 Å². The summed E-state index contributed by atoms with van der Waals surface area (Å²) in [6, 6.07) is 5.98. The zero-order valence-corrected chi connectivity index (χ0v) is 15.2. The summed E-state index contributed by atoms with van der Waals surface area (Å²) in [6.07, 6.45) is 0.716. The van der Waals surface area contributed by atoms with Crippen molar-refractivity contribution in [2.75, 3.05) is 6.54 Å². The van der Waals surface area contributed by atoms with Gasteiger partial charge >= 0.3 is 0 Å². The minimum Gasteiger partial charge on any atom is -0.465 e. The quantitative estimate of drug-likeness (QED) is 0.779. The third kappa shape index (κ3) is 2.91. The second kappa shape index (κ2) is 5.59. The molecule has 0 radical (unpaired) electrons. The third-order valence-corrected chi connectivity index (χ3v) is 4.83. The fourth-order valence-corrected chi connectivity index (χ4v) is 3.36. The van der Waals surface area contributed by atoms with E-state index in [4.69, 9.17) is 9.40 Å². The molecule has 0 spiro atoms. The highest BCUT2D eigenvalue weighted by Gasteiger charge is 2.24. The Morgan fingerprint density at radius 2 is 2.12 bits per heavy atom. The van der Waals surface area contributed by atoms with Gasteiger partial charge in [-0.25, -0.2) is 9.50 Å². The summed E-state index contributed by atoms with van der Waals surface area (Å²) in [5.74, 6) is 1.88. The average molecular weight is 340 g/mol. The van der Waals surface area contributed by atoms with Gasteiger partial charge in [-0.2, -0.15) is 0 Å². The van der Waals surface area contributed by atoms with Gasteiger partial charge in [-0.15, -0.1) is 0 Å². The Bertz CT molecular complexity index is 987. The van der Waals surface area contributed by atoms with E-state index >= 15 is 0 Å². The highest BCUT2D eigenvalue weighted by atomic mass is 16.3. The Labute approximate surface area is 146 Å². The minimum absolute atomic E-state index is 0.0315. The average Bonchev–Trinajstić information content (AvgIpc) is 3.13. The Balaban J connectivity index is 1.67. The summed E-state index contributed by atoms with van der Waals surface area (Å²) >= 11 is 0. The van der Waals surface area contributed by atoms with Gasteiger partial charge in [0.15, 0.2) is 5.65 Å². The van der Waals surface area contributed by atoms with E-state index in [2.05, 4.69) is 30.8 Å². The molecule has 0 aliphatic carbocycles. The van der Waals surface area contributed by atoms with Gasteiger partial charge in [-0.05, 0) is 25.5 Å². The molecule has 3 aromatic rings. The molecule has 4 rings (SSSR count). The SMILES string of the molecule is Cc1ccc(CN2CCc3c(nc4cc(C(C)(C)C)[nH]n4c3=O)C2)o1. The monoisotopic (exact) mass is 340 g/mol. The van der Waals surface area contributed by atoms with E-state index < -0.39 is 0 Å². The predicted molar refractivity (Wildman–Crippen MR) is 95.8 cm³/mol. The second-order valence-corrected chi connectivity index (χ2v) is 7.93. The Morgan fingerprint density at radius 3 is 2.80 bits per heavy atom. The summed E-state index contributed by atoms with van der Waals surface area (Å²) < 4.78 is 7.26. The molecule has 0 fully saturated rings. The number of aromatic amines is 1. The van der Waals surface area contributed by atoms with Crippen LogP contribution in [0.3, 0.4) is 0 Å². The van der Waals surface area contributed by atoms with Crippen LogP contribution >= 0.6 is 0 Å². The predicted octanol–water partition coefficient (Wildman–Crippen LogP) is 2.78. The smallest absolute Gasteiger partial charge is 0.276 e. The van der Waals surface area contributed by atoms with Crippen LogP contribution in [0.15, 0.2) is 27.4 Å². The number of aryl methyl sites for hydroxylation is 1. The van der Waals surface area contributed by atoms with Crippen LogP contribution in [-0.2, 0) is 24.9 Å². The number of hydrogen-bond donors (Lipinski definition) is 1. The van der Waals surface area contributed by atoms with Gasteiger partial charge in [0.05, 0.1) is 12.2 Å². The maximum atomic E-state index is 12.8. The highest BCUT2D eigenvalue weighted by molar-refractivity contribution is 5.43. The number of nitrogens with one attached hydrogen (secondary N) is 1. The van der Waals surface area contributed by atoms with Crippen molar-refractivity contribution in [2.24, 2.45) is 0 Å². The Morgan fingerprint density at radius 1 is 1.32 bits per heavy atom. The molecule has 1 aliphatic heterocycles. The number of hydrogen-bond acceptors (Lipinski definition) is 4. The minimum atomic E-state index is -0.0518. The van der Waals surface area contributed by atoms with Crippen LogP contribution in [0.1, 0.15) is 49.2 Å². The van der Waals surface area contributed by atoms with E-state index in [1.807, 2.05) is 25.1 Å². The molecule has 3 aromatic heterocycles. The zero-order chi connectivity index (χ0) is 17.8. The van der Waals surface area contributed by atoms with E-state index in [-0.39, 0.29) is 11.0 Å². The first-order valence-corrected chi connectivity index (χ1v) is 8.73. The molecular weight excluding hydrogens is 316 g/mol. The molecule has 0 saturated heterocycles. The van der Waals surface area contributed by atoms with E-state index in [9.17, 15) is 4.79 Å². The molecule has 0 atom stereocenters. The molecule has 25 heavy (non-hydrogen) atoms. The van der Waals surface area contributed by atoms with Crippen molar-refractivity contribution in [3.8, 4) is 0 Å². The lowest BCUT2D eigenvalue weighted by atomic mass is 9.93. The van der Waals surface area contributed by atoms with Crippen molar-refractivity contribution >= 4 is 5.65 Å². The summed E-state index contributed by atoms with van der Waals surface area (Å²) in [5, 5.41) is 3.22. The van der Waals surface area contributed by atoms with Crippen molar-refractivity contribution in [3.05, 3.63) is 57.0 Å². The normalized spacial score (nSPS) is 15.7. The first-order valence-electron chi connectivity index (χ1n) is 8.73. The summed E-state index contributed by atoms with van der Waals surface area (Å²) in [5.41, 5.74) is 3.41. The molecular formula is C19H24N4O2. The van der Waals surface area contributed by atoms with Crippen LogP contribution in [0.2, 0.25) is 0 Å². The molecule has 0 aromatic carbocycles. The van der Waals surface area contributed by atoms with Gasteiger partial charge < -0.3 is 4.42 Å². The third-order valence-electron chi connectivity index (χ3n) is 4.83. The summed E-state index contributed by atoms with van der Waals surface area (Å²) in [7, 11) is 0. The van der Waals surface area contributed by atoms with Crippen molar-refractivity contribution in [1.82, 2.24) is 19.5 Å². The van der Waals surface area contributed by atoms with E-state index in [0.717, 1.165) is 41.6 Å². The number of fused-ring (bicyclic) bond motifs is 2. The first-order chi connectivity index (χ1) is 11.8. The number of H-pyrrole nitrogens is 1. The van der Waals surface area contributed by atoms with Gasteiger partial charge in [0.2, 0.25) is 0 Å². The number of furan rings is 1. The van der Waals surface area contributed by atoms with Gasteiger partial charge in [0, 0.05) is 35.8 Å². The number of rotatable bonds is 2. The molecule has 6 heteroatoms.